The van der Waals surface area contributed by atoms with Gasteiger partial charge < -0.3 is 0 Å². The summed E-state index contributed by atoms with van der Waals surface area (Å²) in [5.74, 6) is -0.860. The largest absolute Gasteiger partial charge is 0.305 e. The molecule has 1 aromatic rings. The summed E-state index contributed by atoms with van der Waals surface area (Å²) in [6, 6.07) is 6.18. The highest BCUT2D eigenvalue weighted by atomic mass is 19.1. The van der Waals surface area contributed by atoms with Crippen molar-refractivity contribution in [2.45, 2.75) is 31.1 Å². The lowest BCUT2D eigenvalue weighted by Gasteiger charge is -2.20. The standard InChI is InChI=1S/C12H11FN2O2/c13-11-9(4-3-5-10(11)15(16)17)12(8-14)6-1-2-7-12/h3-5H,1-2,6-7H2. The van der Waals surface area contributed by atoms with Crippen LogP contribution >= 0.6 is 0 Å². The summed E-state index contributed by atoms with van der Waals surface area (Å²) in [7, 11) is 0. The molecule has 0 unspecified atom stereocenters. The van der Waals surface area contributed by atoms with E-state index >= 15 is 0 Å². The van der Waals surface area contributed by atoms with Gasteiger partial charge in [-0.3, -0.25) is 10.1 Å². The molecule has 0 atom stereocenters. The second-order valence-corrected chi connectivity index (χ2v) is 4.30. The molecule has 0 aromatic heterocycles. The lowest BCUT2D eigenvalue weighted by molar-refractivity contribution is -0.387. The second kappa shape index (κ2) is 4.13. The molecule has 17 heavy (non-hydrogen) atoms. The van der Waals surface area contributed by atoms with E-state index in [-0.39, 0.29) is 5.56 Å². The van der Waals surface area contributed by atoms with Gasteiger partial charge in [-0.15, -0.1) is 0 Å². The molecule has 1 aliphatic rings. The summed E-state index contributed by atoms with van der Waals surface area (Å²) in [4.78, 5) is 9.91. The fourth-order valence-corrected chi connectivity index (χ4v) is 2.45. The third kappa shape index (κ3) is 1.76. The van der Waals surface area contributed by atoms with Crippen LogP contribution in [-0.2, 0) is 5.41 Å². The molecule has 0 spiro atoms. The predicted octanol–water partition coefficient (Wildman–Crippen LogP) is 3.07. The lowest BCUT2D eigenvalue weighted by atomic mass is 9.80. The Morgan fingerprint density at radius 3 is 2.59 bits per heavy atom. The molecule has 0 aliphatic heterocycles. The number of nitrogens with zero attached hydrogens (tertiary/aromatic N) is 2. The fourth-order valence-electron chi connectivity index (χ4n) is 2.45. The number of benzene rings is 1. The predicted molar refractivity (Wildman–Crippen MR) is 58.8 cm³/mol. The first-order chi connectivity index (χ1) is 8.10. The molecule has 2 rings (SSSR count). The molecule has 0 bridgehead atoms. The Labute approximate surface area is 97.8 Å². The van der Waals surface area contributed by atoms with Gasteiger partial charge in [-0.25, -0.2) is 0 Å². The van der Waals surface area contributed by atoms with Crippen LogP contribution in [-0.4, -0.2) is 4.92 Å². The summed E-state index contributed by atoms with van der Waals surface area (Å²) in [5.41, 5.74) is -1.26. The zero-order chi connectivity index (χ0) is 12.5. The number of rotatable bonds is 2. The van der Waals surface area contributed by atoms with Gasteiger partial charge in [0.15, 0.2) is 0 Å². The van der Waals surface area contributed by atoms with Crippen molar-refractivity contribution < 1.29 is 9.31 Å². The maximum Gasteiger partial charge on any atom is 0.305 e. The van der Waals surface area contributed by atoms with Crippen molar-refractivity contribution in [1.29, 1.82) is 5.26 Å². The SMILES string of the molecule is N#CC1(c2cccc([N+](=O)[O-])c2F)CCCC1. The summed E-state index contributed by atoms with van der Waals surface area (Å²) < 4.78 is 14.0. The Hall–Kier alpha value is -1.96. The Morgan fingerprint density at radius 1 is 1.41 bits per heavy atom. The third-order valence-corrected chi connectivity index (χ3v) is 3.36. The molecule has 0 saturated heterocycles. The minimum atomic E-state index is -0.879. The van der Waals surface area contributed by atoms with Crippen LogP contribution in [0.4, 0.5) is 10.1 Å². The van der Waals surface area contributed by atoms with E-state index in [0.717, 1.165) is 18.9 Å². The maximum absolute atomic E-state index is 14.0. The minimum absolute atomic E-state index is 0.173. The van der Waals surface area contributed by atoms with Crippen LogP contribution in [0, 0.1) is 27.3 Å². The van der Waals surface area contributed by atoms with Gasteiger partial charge in [0, 0.05) is 11.6 Å². The monoisotopic (exact) mass is 234 g/mol. The van der Waals surface area contributed by atoms with E-state index in [9.17, 15) is 19.8 Å². The maximum atomic E-state index is 14.0. The molecule has 1 fully saturated rings. The molecule has 0 heterocycles. The number of nitriles is 1. The molecule has 1 aliphatic carbocycles. The van der Waals surface area contributed by atoms with Gasteiger partial charge in [0.05, 0.1) is 16.4 Å². The van der Waals surface area contributed by atoms with Crippen LogP contribution in [0.25, 0.3) is 0 Å². The van der Waals surface area contributed by atoms with Gasteiger partial charge in [0.2, 0.25) is 5.82 Å². The molecule has 4 nitrogen and oxygen atoms in total. The molecule has 88 valence electrons. The van der Waals surface area contributed by atoms with Crippen LogP contribution in [0.1, 0.15) is 31.2 Å². The van der Waals surface area contributed by atoms with E-state index in [0.29, 0.717) is 12.8 Å². The highest BCUT2D eigenvalue weighted by molar-refractivity contribution is 5.44. The van der Waals surface area contributed by atoms with E-state index in [1.807, 2.05) is 0 Å². The highest BCUT2D eigenvalue weighted by Crippen LogP contribution is 2.42. The van der Waals surface area contributed by atoms with Gasteiger partial charge in [-0.2, -0.15) is 9.65 Å². The number of hydrogen-bond donors (Lipinski definition) is 0. The average molecular weight is 234 g/mol. The molecular formula is C12H11FN2O2. The Balaban J connectivity index is 2.56. The van der Waals surface area contributed by atoms with Crippen molar-refractivity contribution in [3.05, 3.63) is 39.7 Å². The van der Waals surface area contributed by atoms with Gasteiger partial charge in [0.25, 0.3) is 0 Å². The van der Waals surface area contributed by atoms with Crippen molar-refractivity contribution in [1.82, 2.24) is 0 Å². The lowest BCUT2D eigenvalue weighted by Crippen LogP contribution is -2.21. The first-order valence-electron chi connectivity index (χ1n) is 5.45. The Bertz CT molecular complexity index is 502. The normalized spacial score (nSPS) is 17.6. The Kier molecular flexibility index (Phi) is 2.80. The van der Waals surface area contributed by atoms with Crippen LogP contribution in [0.15, 0.2) is 18.2 Å². The molecule has 0 N–H and O–H groups in total. The zero-order valence-corrected chi connectivity index (χ0v) is 9.15. The molecule has 0 radical (unpaired) electrons. The molecule has 5 heteroatoms. The summed E-state index contributed by atoms with van der Waals surface area (Å²) in [5, 5.41) is 19.9. The number of nitro groups is 1. The topological polar surface area (TPSA) is 66.9 Å². The van der Waals surface area contributed by atoms with E-state index in [1.54, 1.807) is 0 Å². The van der Waals surface area contributed by atoms with Crippen molar-refractivity contribution in [3.8, 4) is 6.07 Å². The van der Waals surface area contributed by atoms with E-state index in [2.05, 4.69) is 6.07 Å². The third-order valence-electron chi connectivity index (χ3n) is 3.36. The molecular weight excluding hydrogens is 223 g/mol. The van der Waals surface area contributed by atoms with Crippen LogP contribution in [0.2, 0.25) is 0 Å². The number of nitro benzene ring substituents is 1. The van der Waals surface area contributed by atoms with E-state index < -0.39 is 21.8 Å². The Morgan fingerprint density at radius 2 is 2.06 bits per heavy atom. The minimum Gasteiger partial charge on any atom is -0.258 e. The highest BCUT2D eigenvalue weighted by Gasteiger charge is 2.39. The molecule has 1 aromatic carbocycles. The van der Waals surface area contributed by atoms with Crippen molar-refractivity contribution >= 4 is 5.69 Å². The van der Waals surface area contributed by atoms with Crippen molar-refractivity contribution in [2.24, 2.45) is 0 Å². The van der Waals surface area contributed by atoms with E-state index in [1.165, 1.54) is 12.1 Å². The van der Waals surface area contributed by atoms with Crippen molar-refractivity contribution in [2.75, 3.05) is 0 Å². The first-order valence-corrected chi connectivity index (χ1v) is 5.45. The first kappa shape index (κ1) is 11.5. The van der Waals surface area contributed by atoms with Gasteiger partial charge >= 0.3 is 5.69 Å². The van der Waals surface area contributed by atoms with Crippen molar-refractivity contribution in [3.63, 3.8) is 0 Å². The molecule has 1 saturated carbocycles. The van der Waals surface area contributed by atoms with Crippen LogP contribution in [0.5, 0.6) is 0 Å². The van der Waals surface area contributed by atoms with Gasteiger partial charge in [0.1, 0.15) is 0 Å². The number of hydrogen-bond acceptors (Lipinski definition) is 3. The second-order valence-electron chi connectivity index (χ2n) is 4.30. The summed E-state index contributed by atoms with van der Waals surface area (Å²) in [6.45, 7) is 0. The number of halogens is 1. The summed E-state index contributed by atoms with van der Waals surface area (Å²) >= 11 is 0. The van der Waals surface area contributed by atoms with E-state index in [4.69, 9.17) is 0 Å². The average Bonchev–Trinajstić information content (AvgIpc) is 2.78. The van der Waals surface area contributed by atoms with Gasteiger partial charge in [-0.1, -0.05) is 25.0 Å². The zero-order valence-electron chi connectivity index (χ0n) is 9.15. The van der Waals surface area contributed by atoms with Gasteiger partial charge in [-0.05, 0) is 12.8 Å². The van der Waals surface area contributed by atoms with Crippen LogP contribution in [0.3, 0.4) is 0 Å². The molecule has 0 amide bonds. The van der Waals surface area contributed by atoms with Crippen LogP contribution < -0.4 is 0 Å². The quantitative estimate of drug-likeness (QED) is 0.583. The summed E-state index contributed by atoms with van der Waals surface area (Å²) in [6.07, 6.45) is 2.86. The fraction of sp³-hybridized carbons (Fsp3) is 0.417. The smallest absolute Gasteiger partial charge is 0.258 e.